The SMILES string of the molecule is O=C1C=C(N2CC2)C(=O)C(N2CC2)=C1N1CC1.[Cl-].[K+]. The van der Waals surface area contributed by atoms with Gasteiger partial charge in [0.2, 0.25) is 11.6 Å². The predicted molar refractivity (Wildman–Crippen MR) is 59.8 cm³/mol. The maximum atomic E-state index is 12.4. The van der Waals surface area contributed by atoms with Crippen molar-refractivity contribution in [1.29, 1.82) is 0 Å². The second-order valence-corrected chi connectivity index (χ2v) is 4.88. The van der Waals surface area contributed by atoms with Crippen molar-refractivity contribution in [2.45, 2.75) is 0 Å². The van der Waals surface area contributed by atoms with Crippen LogP contribution in [0, 0.1) is 0 Å². The summed E-state index contributed by atoms with van der Waals surface area (Å²) >= 11 is 0. The average molecular weight is 306 g/mol. The third-order valence-electron chi connectivity index (χ3n) is 3.49. The van der Waals surface area contributed by atoms with Crippen molar-refractivity contribution < 1.29 is 73.4 Å². The van der Waals surface area contributed by atoms with Crippen LogP contribution in [0.3, 0.4) is 0 Å². The molecule has 19 heavy (non-hydrogen) atoms. The fourth-order valence-electron chi connectivity index (χ4n) is 2.28. The molecule has 0 saturated carbocycles. The molecule has 0 unspecified atom stereocenters. The van der Waals surface area contributed by atoms with Gasteiger partial charge >= 0.3 is 51.4 Å². The Kier molecular flexibility index (Phi) is 4.50. The quantitative estimate of drug-likeness (QED) is 0.295. The largest absolute Gasteiger partial charge is 1.00 e. The van der Waals surface area contributed by atoms with Crippen LogP contribution >= 0.6 is 0 Å². The predicted octanol–water partition coefficient (Wildman–Crippen LogP) is -6.81. The minimum absolute atomic E-state index is 0. The molecule has 0 amide bonds. The summed E-state index contributed by atoms with van der Waals surface area (Å²) in [6, 6.07) is 0. The van der Waals surface area contributed by atoms with E-state index >= 15 is 0 Å². The molecule has 4 aliphatic rings. The van der Waals surface area contributed by atoms with Gasteiger partial charge in [-0.1, -0.05) is 0 Å². The second kappa shape index (κ2) is 5.50. The first-order valence-corrected chi connectivity index (χ1v) is 6.05. The van der Waals surface area contributed by atoms with Crippen LogP contribution in [-0.2, 0) is 9.59 Å². The Morgan fingerprint density at radius 1 is 0.789 bits per heavy atom. The zero-order valence-corrected chi connectivity index (χ0v) is 14.7. The maximum absolute atomic E-state index is 12.4. The van der Waals surface area contributed by atoms with E-state index in [9.17, 15) is 9.59 Å². The molecule has 3 aliphatic heterocycles. The Labute approximate surface area is 160 Å². The van der Waals surface area contributed by atoms with Crippen molar-refractivity contribution in [2.24, 2.45) is 0 Å². The van der Waals surface area contributed by atoms with Crippen LogP contribution in [0.1, 0.15) is 0 Å². The van der Waals surface area contributed by atoms with Crippen LogP contribution in [0.5, 0.6) is 0 Å². The number of nitrogens with zero attached hydrogens (tertiary/aromatic N) is 3. The molecule has 3 saturated heterocycles. The molecular weight excluding hydrogens is 293 g/mol. The Hall–Kier alpha value is 0.146. The molecule has 5 nitrogen and oxygen atoms in total. The van der Waals surface area contributed by atoms with E-state index in [1.807, 2.05) is 14.7 Å². The maximum Gasteiger partial charge on any atom is 1.00 e. The van der Waals surface area contributed by atoms with E-state index in [0.29, 0.717) is 17.1 Å². The number of hydrogen-bond donors (Lipinski definition) is 0. The monoisotopic (exact) mass is 305 g/mol. The standard InChI is InChI=1S/C12H13N3O2.ClH.K/c16-9-7-8(13-1-2-13)12(17)11(15-5-6-15)10(9)14-3-4-14;;/h7H,1-6H2;1H;/q;;+1/p-1. The first kappa shape index (κ1) is 15.5. The van der Waals surface area contributed by atoms with Crippen LogP contribution in [0.2, 0.25) is 0 Å². The molecule has 0 aromatic heterocycles. The summed E-state index contributed by atoms with van der Waals surface area (Å²) in [4.78, 5) is 30.5. The summed E-state index contributed by atoms with van der Waals surface area (Å²) in [6.45, 7) is 5.41. The Morgan fingerprint density at radius 2 is 1.26 bits per heavy atom. The molecule has 1 aliphatic carbocycles. The number of allylic oxidation sites excluding steroid dienone is 1. The van der Waals surface area contributed by atoms with E-state index in [0.717, 1.165) is 39.3 Å². The molecule has 0 radical (unpaired) electrons. The van der Waals surface area contributed by atoms with Gasteiger partial charge < -0.3 is 27.1 Å². The molecule has 0 aromatic rings. The fourth-order valence-corrected chi connectivity index (χ4v) is 2.28. The summed E-state index contributed by atoms with van der Waals surface area (Å²) in [6.07, 6.45) is 1.52. The Morgan fingerprint density at radius 3 is 1.74 bits per heavy atom. The van der Waals surface area contributed by atoms with Crippen molar-refractivity contribution in [3.63, 3.8) is 0 Å². The molecule has 4 rings (SSSR count). The van der Waals surface area contributed by atoms with E-state index in [2.05, 4.69) is 0 Å². The number of Topliss-reactive ketones (excluding diaryl/α,β-unsaturated/α-hetero) is 1. The number of halogens is 1. The normalized spacial score (nSPS) is 23.8. The van der Waals surface area contributed by atoms with Crippen molar-refractivity contribution in [3.05, 3.63) is 23.2 Å². The van der Waals surface area contributed by atoms with Gasteiger partial charge in [-0.15, -0.1) is 0 Å². The van der Waals surface area contributed by atoms with Gasteiger partial charge in [0.25, 0.3) is 0 Å². The molecule has 0 spiro atoms. The molecule has 3 fully saturated rings. The molecule has 96 valence electrons. The smallest absolute Gasteiger partial charge is 1.00 e. The molecule has 7 heteroatoms. The van der Waals surface area contributed by atoms with Gasteiger partial charge in [-0.25, -0.2) is 0 Å². The van der Waals surface area contributed by atoms with Gasteiger partial charge in [0, 0.05) is 45.3 Å². The molecular formula is C12H13ClKN3O2. The Bertz CT molecular complexity index is 505. The summed E-state index contributed by atoms with van der Waals surface area (Å²) in [5.74, 6) is 0.0485. The third-order valence-corrected chi connectivity index (χ3v) is 3.49. The van der Waals surface area contributed by atoms with E-state index in [4.69, 9.17) is 0 Å². The Balaban J connectivity index is 0.000000667. The zero-order chi connectivity index (χ0) is 11.6. The average Bonchev–Trinajstić information content (AvgIpc) is 3.13. The molecule has 0 atom stereocenters. The summed E-state index contributed by atoms with van der Waals surface area (Å²) < 4.78 is 0. The van der Waals surface area contributed by atoms with Crippen LogP contribution in [0.4, 0.5) is 0 Å². The molecule has 3 heterocycles. The van der Waals surface area contributed by atoms with Gasteiger partial charge in [-0.2, -0.15) is 0 Å². The number of carbonyl (C=O) groups is 2. The molecule has 0 N–H and O–H groups in total. The molecule has 0 bridgehead atoms. The van der Waals surface area contributed by atoms with Crippen LogP contribution in [0.25, 0.3) is 0 Å². The van der Waals surface area contributed by atoms with Crippen molar-refractivity contribution in [3.8, 4) is 0 Å². The topological polar surface area (TPSA) is 43.2 Å². The minimum Gasteiger partial charge on any atom is -1.00 e. The number of rotatable bonds is 3. The van der Waals surface area contributed by atoms with Crippen LogP contribution < -0.4 is 63.8 Å². The van der Waals surface area contributed by atoms with E-state index in [1.54, 1.807) is 0 Å². The summed E-state index contributed by atoms with van der Waals surface area (Å²) in [5, 5.41) is 0. The first-order chi connectivity index (χ1) is 8.25. The molecule has 0 aromatic carbocycles. The van der Waals surface area contributed by atoms with Gasteiger partial charge in [0.05, 0.1) is 5.70 Å². The zero-order valence-electron chi connectivity index (χ0n) is 10.9. The fraction of sp³-hybridized carbons (Fsp3) is 0.500. The summed E-state index contributed by atoms with van der Waals surface area (Å²) in [7, 11) is 0. The summed E-state index contributed by atoms with van der Waals surface area (Å²) in [5.41, 5.74) is 1.89. The van der Waals surface area contributed by atoms with Gasteiger partial charge in [-0.05, 0) is 0 Å². The van der Waals surface area contributed by atoms with Gasteiger partial charge in [0.15, 0.2) is 0 Å². The number of hydrogen-bond acceptors (Lipinski definition) is 5. The van der Waals surface area contributed by atoms with Crippen LogP contribution in [0.15, 0.2) is 23.2 Å². The second-order valence-electron chi connectivity index (χ2n) is 4.88. The van der Waals surface area contributed by atoms with Gasteiger partial charge in [0.1, 0.15) is 11.4 Å². The van der Waals surface area contributed by atoms with Crippen molar-refractivity contribution in [2.75, 3.05) is 39.3 Å². The minimum atomic E-state index is 0. The van der Waals surface area contributed by atoms with E-state index in [1.165, 1.54) is 6.08 Å². The third kappa shape index (κ3) is 2.79. The van der Waals surface area contributed by atoms with E-state index in [-0.39, 0.29) is 75.4 Å². The number of carbonyl (C=O) groups excluding carboxylic acids is 2. The van der Waals surface area contributed by atoms with Crippen molar-refractivity contribution >= 4 is 11.6 Å². The van der Waals surface area contributed by atoms with Gasteiger partial charge in [-0.3, -0.25) is 9.59 Å². The first-order valence-electron chi connectivity index (χ1n) is 6.05. The van der Waals surface area contributed by atoms with Crippen molar-refractivity contribution in [1.82, 2.24) is 14.7 Å². The number of ketones is 2. The van der Waals surface area contributed by atoms with E-state index < -0.39 is 0 Å². The van der Waals surface area contributed by atoms with Crippen LogP contribution in [-0.4, -0.2) is 65.5 Å².